The number of nitrogens with one attached hydrogen (secondary N) is 1. The molecule has 0 aromatic heterocycles. The van der Waals surface area contributed by atoms with Gasteiger partial charge in [0.25, 0.3) is 0 Å². The number of amides is 2. The summed E-state index contributed by atoms with van der Waals surface area (Å²) in [6.45, 7) is 3.23. The van der Waals surface area contributed by atoms with Crippen LogP contribution in [0.25, 0.3) is 0 Å². The van der Waals surface area contributed by atoms with Crippen molar-refractivity contribution in [2.24, 2.45) is 0 Å². The monoisotopic (exact) mass is 489 g/mol. The molecular formula is C24H31N3O6S. The van der Waals surface area contributed by atoms with E-state index in [-0.39, 0.29) is 25.0 Å². The van der Waals surface area contributed by atoms with E-state index in [4.69, 9.17) is 9.47 Å². The van der Waals surface area contributed by atoms with Crippen molar-refractivity contribution in [3.05, 3.63) is 54.1 Å². The van der Waals surface area contributed by atoms with Crippen LogP contribution in [-0.2, 0) is 26.0 Å². The predicted molar refractivity (Wildman–Crippen MR) is 129 cm³/mol. The first-order valence-electron chi connectivity index (χ1n) is 11.3. The molecule has 0 unspecified atom stereocenters. The molecule has 34 heavy (non-hydrogen) atoms. The zero-order valence-corrected chi connectivity index (χ0v) is 20.5. The Bertz CT molecular complexity index is 1110. The molecule has 3 rings (SSSR count). The summed E-state index contributed by atoms with van der Waals surface area (Å²) in [7, 11) is -2.28. The highest BCUT2D eigenvalue weighted by Gasteiger charge is 2.32. The average Bonchev–Trinajstić information content (AvgIpc) is 3.33. The Hall–Kier alpha value is -3.27. The number of nitrogens with zero attached hydrogens (tertiary/aromatic N) is 2. The van der Waals surface area contributed by atoms with Crippen LogP contribution in [-0.4, -0.2) is 63.9 Å². The van der Waals surface area contributed by atoms with Crippen molar-refractivity contribution in [3.63, 3.8) is 0 Å². The third-order valence-electron chi connectivity index (χ3n) is 5.74. The van der Waals surface area contributed by atoms with Crippen LogP contribution >= 0.6 is 0 Å². The molecule has 0 spiro atoms. The number of ether oxygens (including phenoxy) is 2. The number of benzene rings is 2. The molecule has 0 saturated carbocycles. The molecular weight excluding hydrogens is 458 g/mol. The summed E-state index contributed by atoms with van der Waals surface area (Å²) in [5.74, 6) is -0.0122. The first-order valence-corrected chi connectivity index (χ1v) is 12.9. The summed E-state index contributed by atoms with van der Waals surface area (Å²) in [5, 5.41) is 2.61. The molecule has 1 atom stereocenters. The fraction of sp³-hybridized carbons (Fsp3) is 0.417. The number of hydrogen-bond acceptors (Lipinski definition) is 6. The number of hydrogen-bond donors (Lipinski definition) is 1. The summed E-state index contributed by atoms with van der Waals surface area (Å²) >= 11 is 0. The van der Waals surface area contributed by atoms with Crippen molar-refractivity contribution < 1.29 is 27.5 Å². The number of fused-ring (bicyclic) bond motifs is 1. The predicted octanol–water partition coefficient (Wildman–Crippen LogP) is 2.17. The van der Waals surface area contributed by atoms with Crippen molar-refractivity contribution in [2.45, 2.75) is 32.7 Å². The van der Waals surface area contributed by atoms with Crippen molar-refractivity contribution >= 4 is 27.5 Å². The van der Waals surface area contributed by atoms with Gasteiger partial charge in [-0.05, 0) is 37.5 Å². The highest BCUT2D eigenvalue weighted by atomic mass is 32.2. The van der Waals surface area contributed by atoms with Crippen molar-refractivity contribution in [1.29, 1.82) is 0 Å². The van der Waals surface area contributed by atoms with Crippen LogP contribution in [0, 0.1) is 0 Å². The Balaban J connectivity index is 1.90. The largest absolute Gasteiger partial charge is 0.454 e. The maximum atomic E-state index is 13.5. The molecule has 184 valence electrons. The van der Waals surface area contributed by atoms with Gasteiger partial charge < -0.3 is 19.7 Å². The molecule has 1 aliphatic rings. The van der Waals surface area contributed by atoms with Gasteiger partial charge in [-0.25, -0.2) is 8.42 Å². The Labute approximate surface area is 200 Å². The molecule has 1 heterocycles. The quantitative estimate of drug-likeness (QED) is 0.519. The molecule has 2 amide bonds. The van der Waals surface area contributed by atoms with Crippen molar-refractivity contribution in [2.75, 3.05) is 37.0 Å². The third kappa shape index (κ3) is 5.80. The van der Waals surface area contributed by atoms with E-state index in [1.807, 2.05) is 37.3 Å². The van der Waals surface area contributed by atoms with Crippen LogP contribution in [0.4, 0.5) is 5.69 Å². The van der Waals surface area contributed by atoms with Gasteiger partial charge in [0, 0.05) is 19.7 Å². The van der Waals surface area contributed by atoms with E-state index in [0.717, 1.165) is 9.87 Å². The van der Waals surface area contributed by atoms with Crippen molar-refractivity contribution in [3.8, 4) is 11.5 Å². The minimum atomic E-state index is -3.80. The molecule has 0 saturated heterocycles. The normalized spacial score (nSPS) is 13.3. The van der Waals surface area contributed by atoms with Gasteiger partial charge in [-0.15, -0.1) is 0 Å². The second-order valence-corrected chi connectivity index (χ2v) is 9.99. The molecule has 1 N–H and O–H groups in total. The van der Waals surface area contributed by atoms with E-state index in [9.17, 15) is 18.0 Å². The first-order chi connectivity index (χ1) is 16.3. The average molecular weight is 490 g/mol. The number of carbonyl (C=O) groups is 2. The molecule has 0 aliphatic carbocycles. The van der Waals surface area contributed by atoms with Gasteiger partial charge in [-0.1, -0.05) is 37.3 Å². The molecule has 0 fully saturated rings. The summed E-state index contributed by atoms with van der Waals surface area (Å²) < 4.78 is 37.7. The second-order valence-electron chi connectivity index (χ2n) is 7.81. The van der Waals surface area contributed by atoms with E-state index < -0.39 is 28.5 Å². The maximum Gasteiger partial charge on any atom is 0.244 e. The van der Waals surface area contributed by atoms with E-state index >= 15 is 0 Å². The molecule has 0 bridgehead atoms. The van der Waals surface area contributed by atoms with Gasteiger partial charge in [-0.2, -0.15) is 0 Å². The van der Waals surface area contributed by atoms with Crippen LogP contribution < -0.4 is 19.1 Å². The fourth-order valence-electron chi connectivity index (χ4n) is 3.82. The first kappa shape index (κ1) is 25.4. The van der Waals surface area contributed by atoms with Crippen LogP contribution in [0.15, 0.2) is 48.5 Å². The van der Waals surface area contributed by atoms with Crippen LogP contribution in [0.2, 0.25) is 0 Å². The molecule has 0 radical (unpaired) electrons. The topological polar surface area (TPSA) is 105 Å². The summed E-state index contributed by atoms with van der Waals surface area (Å²) in [6.07, 6.45) is 0.926. The SMILES string of the molecule is CC[C@@H](C(=O)NC)N(CCc1ccccc1)C(=O)CN(c1ccc2c(c1)OCO2)S(=O)(=O)CC. The lowest BCUT2D eigenvalue weighted by Gasteiger charge is -2.32. The summed E-state index contributed by atoms with van der Waals surface area (Å²) in [6, 6.07) is 13.7. The van der Waals surface area contributed by atoms with E-state index in [1.54, 1.807) is 18.2 Å². The summed E-state index contributed by atoms with van der Waals surface area (Å²) in [5.41, 5.74) is 1.32. The Morgan fingerprint density at radius 1 is 1.06 bits per heavy atom. The fourth-order valence-corrected chi connectivity index (χ4v) is 4.88. The lowest BCUT2D eigenvalue weighted by Crippen LogP contribution is -2.53. The molecule has 10 heteroatoms. The number of sulfonamides is 1. The highest BCUT2D eigenvalue weighted by molar-refractivity contribution is 7.92. The molecule has 2 aromatic rings. The minimum Gasteiger partial charge on any atom is -0.454 e. The second kappa shape index (κ2) is 11.2. The lowest BCUT2D eigenvalue weighted by molar-refractivity contribution is -0.139. The van der Waals surface area contributed by atoms with Crippen LogP contribution in [0.1, 0.15) is 25.8 Å². The molecule has 9 nitrogen and oxygen atoms in total. The number of anilines is 1. The van der Waals surface area contributed by atoms with Gasteiger partial charge >= 0.3 is 0 Å². The van der Waals surface area contributed by atoms with Gasteiger partial charge in [0.15, 0.2) is 11.5 Å². The number of rotatable bonds is 11. The zero-order chi connectivity index (χ0) is 24.7. The maximum absolute atomic E-state index is 13.5. The van der Waals surface area contributed by atoms with Gasteiger partial charge in [0.2, 0.25) is 28.6 Å². The highest BCUT2D eigenvalue weighted by Crippen LogP contribution is 2.36. The van der Waals surface area contributed by atoms with E-state index in [0.29, 0.717) is 30.0 Å². The number of carbonyl (C=O) groups excluding carboxylic acids is 2. The zero-order valence-electron chi connectivity index (χ0n) is 19.7. The lowest BCUT2D eigenvalue weighted by atomic mass is 10.1. The van der Waals surface area contributed by atoms with E-state index in [2.05, 4.69) is 5.32 Å². The Morgan fingerprint density at radius 2 is 1.76 bits per heavy atom. The molecule has 2 aromatic carbocycles. The van der Waals surface area contributed by atoms with E-state index in [1.165, 1.54) is 18.9 Å². The molecule has 1 aliphatic heterocycles. The third-order valence-corrected chi connectivity index (χ3v) is 7.48. The Kier molecular flexibility index (Phi) is 8.38. The van der Waals surface area contributed by atoms with Crippen LogP contribution in [0.5, 0.6) is 11.5 Å². The Morgan fingerprint density at radius 3 is 2.41 bits per heavy atom. The number of likely N-dealkylation sites (N-methyl/N-ethyl adjacent to an activating group) is 1. The van der Waals surface area contributed by atoms with Gasteiger partial charge in [0.05, 0.1) is 11.4 Å². The standard InChI is InChI=1S/C24H31N3O6S/c1-4-20(24(29)25-3)26(14-13-18-9-7-6-8-10-18)23(28)16-27(34(30,31)5-2)19-11-12-21-22(15-19)33-17-32-21/h6-12,15,20H,4-5,13-14,16-17H2,1-3H3,(H,25,29)/t20-/m0/s1. The minimum absolute atomic E-state index is 0.0514. The van der Waals surface area contributed by atoms with Crippen LogP contribution in [0.3, 0.4) is 0 Å². The van der Waals surface area contributed by atoms with Gasteiger partial charge in [-0.3, -0.25) is 13.9 Å². The smallest absolute Gasteiger partial charge is 0.244 e. The summed E-state index contributed by atoms with van der Waals surface area (Å²) in [4.78, 5) is 27.6. The van der Waals surface area contributed by atoms with Gasteiger partial charge in [0.1, 0.15) is 12.6 Å². The van der Waals surface area contributed by atoms with Crippen molar-refractivity contribution in [1.82, 2.24) is 10.2 Å².